The van der Waals surface area contributed by atoms with Gasteiger partial charge in [-0.1, -0.05) is 151 Å². The van der Waals surface area contributed by atoms with Gasteiger partial charge in [0, 0.05) is 0 Å². The van der Waals surface area contributed by atoms with E-state index in [1.807, 2.05) is 0 Å². The van der Waals surface area contributed by atoms with E-state index in [2.05, 4.69) is 86.6 Å². The highest BCUT2D eigenvalue weighted by Gasteiger charge is 2.21. The topological polar surface area (TPSA) is 0 Å². The maximum absolute atomic E-state index is 2.51. The quantitative estimate of drug-likeness (QED) is 0.0933. The first-order valence-corrected chi connectivity index (χ1v) is 17.1. The molecule has 0 aromatic heterocycles. The molecule has 7 rings (SSSR count). The molecule has 0 heterocycles. The number of hydrogen-bond donors (Lipinski definition) is 0. The fraction of sp³-hybridized carbons (Fsp3) is 0.381. The van der Waals surface area contributed by atoms with Crippen molar-refractivity contribution < 1.29 is 0 Å². The van der Waals surface area contributed by atoms with Crippen molar-refractivity contribution in [1.29, 1.82) is 0 Å². The molecule has 0 saturated carbocycles. The highest BCUT2D eigenvalue weighted by atomic mass is 14.2. The molecule has 0 heteroatoms. The fourth-order valence-electron chi connectivity index (χ4n) is 7.93. The number of hydrogen-bond acceptors (Lipinski definition) is 0. The third kappa shape index (κ3) is 4.78. The summed E-state index contributed by atoms with van der Waals surface area (Å²) in [5.74, 6) is 0. The molecular weight excluding hydrogens is 504 g/mol. The molecule has 0 aliphatic heterocycles. The van der Waals surface area contributed by atoms with Gasteiger partial charge in [-0.15, -0.1) is 0 Å². The van der Waals surface area contributed by atoms with Gasteiger partial charge >= 0.3 is 0 Å². The van der Waals surface area contributed by atoms with Crippen molar-refractivity contribution in [2.24, 2.45) is 0 Å². The van der Waals surface area contributed by atoms with Gasteiger partial charge in [0.05, 0.1) is 0 Å². The highest BCUT2D eigenvalue weighted by Crippen LogP contribution is 2.50. The average Bonchev–Trinajstić information content (AvgIpc) is 3.53. The maximum atomic E-state index is 2.51. The third-order valence-corrected chi connectivity index (χ3v) is 10.1. The molecule has 42 heavy (non-hydrogen) atoms. The first-order valence-electron chi connectivity index (χ1n) is 17.1. The van der Waals surface area contributed by atoms with Crippen LogP contribution in [0.3, 0.4) is 0 Å². The Hall–Kier alpha value is -3.38. The van der Waals surface area contributed by atoms with Gasteiger partial charge in [-0.25, -0.2) is 0 Å². The van der Waals surface area contributed by atoms with Crippen LogP contribution in [-0.4, -0.2) is 0 Å². The smallest absolute Gasteiger partial charge is 0.00137 e. The molecule has 0 nitrogen and oxygen atoms in total. The molecule has 0 N–H and O–H groups in total. The number of benzene rings is 5. The van der Waals surface area contributed by atoms with E-state index in [0.29, 0.717) is 0 Å². The van der Waals surface area contributed by atoms with E-state index in [1.54, 1.807) is 0 Å². The first kappa shape index (κ1) is 27.5. The lowest BCUT2D eigenvalue weighted by Crippen LogP contribution is -1.86. The SMILES string of the molecule is CCCCCCCCc1ccc2c(c1)c1cccc3c1c2c1cccc2c4cc(CCCCCCCC)ccc4c3c21. The number of aryl methyl sites for hydroxylation is 2. The van der Waals surface area contributed by atoms with Crippen LogP contribution >= 0.6 is 0 Å². The van der Waals surface area contributed by atoms with E-state index in [-0.39, 0.29) is 0 Å². The minimum absolute atomic E-state index is 1.19. The van der Waals surface area contributed by atoms with Gasteiger partial charge in [0.2, 0.25) is 0 Å². The second-order valence-electron chi connectivity index (χ2n) is 13.0. The van der Waals surface area contributed by atoms with Gasteiger partial charge < -0.3 is 0 Å². The Labute approximate surface area is 251 Å². The molecule has 0 atom stereocenters. The molecule has 0 spiro atoms. The van der Waals surface area contributed by atoms with Crippen LogP contribution in [0.25, 0.3) is 64.6 Å². The maximum Gasteiger partial charge on any atom is -0.00137 e. The number of fused-ring (bicyclic) bond motifs is 8. The summed E-state index contributed by atoms with van der Waals surface area (Å²) in [5.41, 5.74) is 2.99. The molecule has 0 fully saturated rings. The van der Waals surface area contributed by atoms with Gasteiger partial charge in [-0.05, 0) is 101 Å². The van der Waals surface area contributed by atoms with Crippen LogP contribution in [0, 0.1) is 0 Å². The summed E-state index contributed by atoms with van der Waals surface area (Å²) in [6.07, 6.45) is 18.6. The van der Waals surface area contributed by atoms with Crippen LogP contribution in [0.1, 0.15) is 102 Å². The third-order valence-electron chi connectivity index (χ3n) is 10.1. The lowest BCUT2D eigenvalue weighted by atomic mass is 9.95. The zero-order valence-corrected chi connectivity index (χ0v) is 25.8. The van der Waals surface area contributed by atoms with Crippen LogP contribution in [0.5, 0.6) is 0 Å². The Balaban J connectivity index is 1.30. The number of unbranched alkanes of at least 4 members (excludes halogenated alkanes) is 10. The molecule has 0 amide bonds. The van der Waals surface area contributed by atoms with Crippen molar-refractivity contribution in [1.82, 2.24) is 0 Å². The van der Waals surface area contributed by atoms with E-state index in [1.165, 1.54) is 166 Å². The van der Waals surface area contributed by atoms with E-state index < -0.39 is 0 Å². The molecular formula is C42H46. The Kier molecular flexibility index (Phi) is 7.90. The van der Waals surface area contributed by atoms with Crippen LogP contribution in [0.2, 0.25) is 0 Å². The molecule has 7 aromatic rings. The molecule has 0 unspecified atom stereocenters. The largest absolute Gasteiger partial charge is 0.0654 e. The van der Waals surface area contributed by atoms with Crippen LogP contribution in [0.15, 0.2) is 72.8 Å². The standard InChI is InChI=1S/C42H46/c1-3-5-7-9-11-13-17-29-23-25-33-37(27-29)31-19-15-21-35-39(31)41(33)36-22-16-20-32-38-28-30(18-14-12-10-8-6-4-2)24-26-34(38)42(35)40(32)36/h15-16,19-28H,3-14,17-18H2,1-2H3. The summed E-state index contributed by atoms with van der Waals surface area (Å²) in [7, 11) is 0. The van der Waals surface area contributed by atoms with Gasteiger partial charge in [0.1, 0.15) is 0 Å². The minimum atomic E-state index is 1.19. The van der Waals surface area contributed by atoms with Gasteiger partial charge in [0.25, 0.3) is 0 Å². The van der Waals surface area contributed by atoms with Crippen molar-refractivity contribution in [2.75, 3.05) is 0 Å². The van der Waals surface area contributed by atoms with E-state index >= 15 is 0 Å². The lowest BCUT2D eigenvalue weighted by molar-refractivity contribution is 0.607. The summed E-state index contributed by atoms with van der Waals surface area (Å²) in [6, 6.07) is 28.8. The highest BCUT2D eigenvalue weighted by molar-refractivity contribution is 6.47. The molecule has 0 bridgehead atoms. The lowest BCUT2D eigenvalue weighted by Gasteiger charge is -2.07. The zero-order chi connectivity index (χ0) is 28.5. The van der Waals surface area contributed by atoms with E-state index in [4.69, 9.17) is 0 Å². The first-order chi connectivity index (χ1) is 20.8. The molecule has 214 valence electrons. The fourth-order valence-corrected chi connectivity index (χ4v) is 7.93. The molecule has 0 saturated heterocycles. The van der Waals surface area contributed by atoms with E-state index in [0.717, 1.165) is 0 Å². The monoisotopic (exact) mass is 550 g/mol. The second-order valence-corrected chi connectivity index (χ2v) is 13.0. The van der Waals surface area contributed by atoms with Crippen molar-refractivity contribution in [2.45, 2.75) is 104 Å². The summed E-state index contributed by atoms with van der Waals surface area (Å²) >= 11 is 0. The predicted octanol–water partition coefficient (Wildman–Crippen LogP) is 13.3. The van der Waals surface area contributed by atoms with Crippen molar-refractivity contribution in [3.8, 4) is 0 Å². The molecule has 0 radical (unpaired) electrons. The summed E-state index contributed by atoms with van der Waals surface area (Å²) in [6.45, 7) is 4.59. The average molecular weight is 551 g/mol. The molecule has 0 aliphatic rings. The summed E-state index contributed by atoms with van der Waals surface area (Å²) in [5, 5.41) is 17.3. The summed E-state index contributed by atoms with van der Waals surface area (Å²) < 4.78 is 0. The van der Waals surface area contributed by atoms with Gasteiger partial charge in [-0.2, -0.15) is 0 Å². The van der Waals surface area contributed by atoms with Crippen LogP contribution in [-0.2, 0) is 12.8 Å². The van der Waals surface area contributed by atoms with Crippen LogP contribution in [0.4, 0.5) is 0 Å². The van der Waals surface area contributed by atoms with E-state index in [9.17, 15) is 0 Å². The molecule has 0 aliphatic carbocycles. The second kappa shape index (κ2) is 12.1. The predicted molar refractivity (Wildman–Crippen MR) is 188 cm³/mol. The van der Waals surface area contributed by atoms with Crippen LogP contribution < -0.4 is 0 Å². The Bertz CT molecular complexity index is 1810. The Morgan fingerprint density at radius 1 is 0.333 bits per heavy atom. The van der Waals surface area contributed by atoms with Gasteiger partial charge in [0.15, 0.2) is 0 Å². The zero-order valence-electron chi connectivity index (χ0n) is 25.8. The normalized spacial score (nSPS) is 12.4. The van der Waals surface area contributed by atoms with Crippen molar-refractivity contribution >= 4 is 64.6 Å². The van der Waals surface area contributed by atoms with Crippen molar-refractivity contribution in [3.63, 3.8) is 0 Å². The molecule has 7 aromatic carbocycles. The summed E-state index contributed by atoms with van der Waals surface area (Å²) in [4.78, 5) is 0. The van der Waals surface area contributed by atoms with Crippen molar-refractivity contribution in [3.05, 3.63) is 83.9 Å². The number of rotatable bonds is 14. The van der Waals surface area contributed by atoms with Gasteiger partial charge in [-0.3, -0.25) is 0 Å². The Morgan fingerprint density at radius 3 is 1.12 bits per heavy atom. The Morgan fingerprint density at radius 2 is 0.690 bits per heavy atom. The minimum Gasteiger partial charge on any atom is -0.0654 e.